The van der Waals surface area contributed by atoms with Gasteiger partial charge >= 0.3 is 37.1 Å². The highest BCUT2D eigenvalue weighted by molar-refractivity contribution is 6.13. The maximum atomic E-state index is 14.9. The van der Waals surface area contributed by atoms with E-state index in [1.165, 1.54) is 138 Å². The van der Waals surface area contributed by atoms with Gasteiger partial charge in [-0.1, -0.05) is 114 Å². The minimum absolute atomic E-state index is 0.0403. The van der Waals surface area contributed by atoms with E-state index in [2.05, 4.69) is 4.85 Å². The van der Waals surface area contributed by atoms with Crippen LogP contribution in [0.5, 0.6) is 0 Å². The second kappa shape index (κ2) is 21.1. The van der Waals surface area contributed by atoms with Gasteiger partial charge in [0.2, 0.25) is 0 Å². The number of halogens is 18. The zero-order valence-electron chi connectivity index (χ0n) is 45.9. The smallest absolute Gasteiger partial charge is 0.307 e. The largest absolute Gasteiger partial charge is 0.417 e. The van der Waals surface area contributed by atoms with Gasteiger partial charge in [-0.25, -0.2) is 9.83 Å². The lowest BCUT2D eigenvalue weighted by atomic mass is 9.95. The molecular weight excluding hydrogens is 1210 g/mol. The molecule has 0 amide bonds. The summed E-state index contributed by atoms with van der Waals surface area (Å²) >= 11 is 0. The second-order valence-electron chi connectivity index (χ2n) is 21.4. The van der Waals surface area contributed by atoms with Gasteiger partial charge in [0.15, 0.2) is 5.69 Å². The normalized spacial score (nSPS) is 12.9. The Kier molecular flexibility index (Phi) is 14.1. The summed E-state index contributed by atoms with van der Waals surface area (Å²) in [7, 11) is 0. The lowest BCUT2D eigenvalue weighted by molar-refractivity contribution is -0.144. The maximum absolute atomic E-state index is 14.9. The first-order chi connectivity index (χ1) is 42.2. The topological polar surface area (TPSA) is 27.1 Å². The third-order valence-electron chi connectivity index (χ3n) is 15.7. The number of aryl methyl sites for hydroxylation is 2. The van der Waals surface area contributed by atoms with Crippen LogP contribution in [0.25, 0.3) is 116 Å². The zero-order chi connectivity index (χ0) is 64.5. The molecular formula is C68H36F18N4. The molecule has 0 atom stereocenters. The van der Waals surface area contributed by atoms with Gasteiger partial charge in [-0.05, 0) is 137 Å². The molecule has 0 N–H and O–H groups in total. The molecule has 0 saturated carbocycles. The number of aromatic nitrogens is 3. The Bertz CT molecular complexity index is 4710. The van der Waals surface area contributed by atoms with Crippen LogP contribution >= 0.6 is 0 Å². The number of hydrogen-bond acceptors (Lipinski definition) is 1. The Balaban J connectivity index is 1.20. The van der Waals surface area contributed by atoms with Crippen LogP contribution in [0.1, 0.15) is 44.5 Å². The number of rotatable bonds is 7. The van der Waals surface area contributed by atoms with Crippen LogP contribution < -0.4 is 0 Å². The van der Waals surface area contributed by atoms with Crippen LogP contribution in [0.2, 0.25) is 0 Å². The molecule has 0 radical (unpaired) electrons. The molecule has 90 heavy (non-hydrogen) atoms. The highest BCUT2D eigenvalue weighted by Gasteiger charge is 2.41. The molecule has 0 bridgehead atoms. The van der Waals surface area contributed by atoms with Gasteiger partial charge in [0.25, 0.3) is 0 Å². The third-order valence-corrected chi connectivity index (χ3v) is 15.7. The Morgan fingerprint density at radius 1 is 0.333 bits per heavy atom. The Labute approximate surface area is 496 Å². The molecule has 0 unspecified atom stereocenters. The van der Waals surface area contributed by atoms with Crippen molar-refractivity contribution in [1.29, 1.82) is 0 Å². The molecule has 12 aromatic rings. The first-order valence-electron chi connectivity index (χ1n) is 26.8. The Morgan fingerprint density at radius 3 is 1.03 bits per heavy atom. The fourth-order valence-electron chi connectivity index (χ4n) is 11.6. The van der Waals surface area contributed by atoms with E-state index in [1.54, 1.807) is 6.07 Å². The summed E-state index contributed by atoms with van der Waals surface area (Å²) in [6.07, 6.45) is -29.7. The maximum Gasteiger partial charge on any atom is 0.417 e. The van der Waals surface area contributed by atoms with Crippen LogP contribution in [0.3, 0.4) is 0 Å². The summed E-state index contributed by atoms with van der Waals surface area (Å²) in [5.74, 6) is -0.200. The molecule has 0 spiro atoms. The van der Waals surface area contributed by atoms with E-state index in [1.807, 2.05) is 0 Å². The number of alkyl halides is 18. The zero-order valence-corrected chi connectivity index (χ0v) is 45.9. The Morgan fingerprint density at radius 2 is 0.678 bits per heavy atom. The fraction of sp³-hybridized carbons (Fsp3) is 0.118. The van der Waals surface area contributed by atoms with Crippen molar-refractivity contribution in [2.24, 2.45) is 0 Å². The van der Waals surface area contributed by atoms with E-state index in [9.17, 15) is 79.0 Å². The van der Waals surface area contributed by atoms with Crippen molar-refractivity contribution >= 4 is 49.3 Å². The SMILES string of the molecule is [C-]#[N+]c1cccc(-c2cc(-n3c4cc(-c5ccc(C(F)(F)F)cc5C(F)(F)F)ccc4c4ccc(-c5ccc(C(F)(F)F)cc5C(F)(F)F)cc43)ncc2-n2c3cc(-c4ccc(C)cc4C(F)(F)F)ccc3c3ccc(-c4ccc(C)cc4C(F)(F)F)cc32)c1. The number of benzene rings is 9. The first kappa shape index (κ1) is 60.3. The van der Waals surface area contributed by atoms with Crippen LogP contribution in [0.4, 0.5) is 84.7 Å². The minimum Gasteiger partial charge on any atom is -0.307 e. The summed E-state index contributed by atoms with van der Waals surface area (Å²) < 4.78 is 265. The average Bonchev–Trinajstić information content (AvgIpc) is 1.58. The summed E-state index contributed by atoms with van der Waals surface area (Å²) in [4.78, 5) is 8.44. The lowest BCUT2D eigenvalue weighted by Crippen LogP contribution is -2.12. The van der Waals surface area contributed by atoms with Crippen LogP contribution in [0, 0.1) is 20.4 Å². The molecule has 0 fully saturated rings. The highest BCUT2D eigenvalue weighted by Crippen LogP contribution is 2.49. The van der Waals surface area contributed by atoms with E-state index in [0.29, 0.717) is 35.0 Å². The highest BCUT2D eigenvalue weighted by atomic mass is 19.4. The van der Waals surface area contributed by atoms with Crippen molar-refractivity contribution in [1.82, 2.24) is 14.1 Å². The van der Waals surface area contributed by atoms with Crippen LogP contribution in [-0.2, 0) is 37.1 Å². The number of pyridine rings is 1. The van der Waals surface area contributed by atoms with Crippen molar-refractivity contribution in [2.45, 2.75) is 50.9 Å². The van der Waals surface area contributed by atoms with Gasteiger partial charge in [0.05, 0.1) is 73.9 Å². The molecule has 0 saturated heterocycles. The lowest BCUT2D eigenvalue weighted by Gasteiger charge is -2.19. The molecule has 3 heterocycles. The van der Waals surface area contributed by atoms with E-state index < -0.39 is 81.6 Å². The van der Waals surface area contributed by atoms with E-state index in [0.717, 1.165) is 24.3 Å². The Hall–Kier alpha value is -10.0. The van der Waals surface area contributed by atoms with Crippen molar-refractivity contribution in [2.75, 3.05) is 0 Å². The molecule has 4 nitrogen and oxygen atoms in total. The third kappa shape index (κ3) is 10.8. The molecule has 22 heteroatoms. The summed E-state index contributed by atoms with van der Waals surface area (Å²) in [5, 5.41) is 1.07. The molecule has 0 aliphatic heterocycles. The predicted molar refractivity (Wildman–Crippen MR) is 306 cm³/mol. The molecule has 12 rings (SSSR count). The molecule has 0 aliphatic carbocycles. The number of hydrogen-bond donors (Lipinski definition) is 0. The van der Waals surface area contributed by atoms with E-state index in [4.69, 9.17) is 11.6 Å². The van der Waals surface area contributed by atoms with Gasteiger partial charge in [-0.2, -0.15) is 79.0 Å². The van der Waals surface area contributed by atoms with Crippen molar-refractivity contribution in [3.05, 3.63) is 238 Å². The van der Waals surface area contributed by atoms with Gasteiger partial charge in [-0.3, -0.25) is 4.57 Å². The summed E-state index contributed by atoms with van der Waals surface area (Å²) in [6.45, 7) is 10.9. The van der Waals surface area contributed by atoms with Gasteiger partial charge in [0, 0.05) is 27.1 Å². The molecule has 0 aliphatic rings. The average molecular weight is 1250 g/mol. The van der Waals surface area contributed by atoms with Gasteiger partial charge in [-0.15, -0.1) is 0 Å². The monoisotopic (exact) mass is 1250 g/mol. The standard InChI is InChI=1S/C68H36F18N4/c1-34-7-15-44(53(23-34)65(75,76)77)37-9-17-48-49-18-10-38(45-16-8-35(2)24-54(45)66(78,79)80)27-58(49)89(57(48)26-37)61-33-88-62(32-52(61)36-5-4-6-43(25-36)87-3)90-59-28-39(46-21-13-41(63(69,70)71)30-55(46)67(81,82)83)11-19-50(59)51-20-12-40(29-60(51)90)47-22-14-42(64(72,73)74)31-56(47)68(84,85)86/h4-33H,1-2H3. The van der Waals surface area contributed by atoms with Crippen LogP contribution in [0.15, 0.2) is 182 Å². The van der Waals surface area contributed by atoms with Crippen LogP contribution in [-0.4, -0.2) is 14.1 Å². The van der Waals surface area contributed by atoms with Crippen molar-refractivity contribution in [3.63, 3.8) is 0 Å². The number of fused-ring (bicyclic) bond motifs is 6. The summed E-state index contributed by atoms with van der Waals surface area (Å²) in [5.41, 5.74) is -9.97. The quantitative estimate of drug-likeness (QED) is 0.115. The minimum atomic E-state index is -5.38. The van der Waals surface area contributed by atoms with Crippen molar-refractivity contribution < 1.29 is 79.0 Å². The molecule has 9 aromatic carbocycles. The van der Waals surface area contributed by atoms with Gasteiger partial charge in [0.1, 0.15) is 5.82 Å². The molecule has 454 valence electrons. The fourth-order valence-corrected chi connectivity index (χ4v) is 11.6. The predicted octanol–water partition coefficient (Wildman–Crippen LogP) is 22.9. The second-order valence-corrected chi connectivity index (χ2v) is 21.4. The molecule has 3 aromatic heterocycles. The van der Waals surface area contributed by atoms with Gasteiger partial charge < -0.3 is 4.57 Å². The van der Waals surface area contributed by atoms with E-state index in [-0.39, 0.29) is 118 Å². The van der Waals surface area contributed by atoms with Crippen molar-refractivity contribution in [3.8, 4) is 67.1 Å². The first-order valence-corrected chi connectivity index (χ1v) is 26.8. The number of nitrogens with zero attached hydrogens (tertiary/aromatic N) is 4. The van der Waals surface area contributed by atoms with E-state index >= 15 is 0 Å². The summed E-state index contributed by atoms with van der Waals surface area (Å²) in [6, 6.07) is 32.8.